The molecule has 2 N–H and O–H groups in total. The number of aliphatic hydroxyl groups excluding tert-OH is 1. The molecule has 0 saturated carbocycles. The number of aliphatic hydroxyl groups is 1. The van der Waals surface area contributed by atoms with Crippen LogP contribution < -0.4 is 5.32 Å². The van der Waals surface area contributed by atoms with E-state index in [0.29, 0.717) is 0 Å². The third-order valence-corrected chi connectivity index (χ3v) is 3.61. The van der Waals surface area contributed by atoms with Gasteiger partial charge in [-0.05, 0) is 50.1 Å². The minimum absolute atomic E-state index is 0.0952. The zero-order chi connectivity index (χ0) is 13.8. The molecule has 3 heteroatoms. The molecule has 2 rings (SSSR count). The maximum Gasteiger partial charge on any atom is 0.0681 e. The molecule has 0 atom stereocenters. The Balaban J connectivity index is 2.05. The van der Waals surface area contributed by atoms with Crippen molar-refractivity contribution in [3.63, 3.8) is 0 Å². The van der Waals surface area contributed by atoms with E-state index in [4.69, 9.17) is 5.11 Å². The molecule has 0 radical (unpaired) electrons. The predicted octanol–water partition coefficient (Wildman–Crippen LogP) is 3.23. The van der Waals surface area contributed by atoms with Crippen LogP contribution in [0.4, 0.5) is 5.69 Å². The van der Waals surface area contributed by atoms with Gasteiger partial charge in [0.25, 0.3) is 0 Å². The van der Waals surface area contributed by atoms with Crippen molar-refractivity contribution in [3.05, 3.63) is 52.8 Å². The van der Waals surface area contributed by atoms with Gasteiger partial charge in [-0.3, -0.25) is 0 Å². The minimum Gasteiger partial charge on any atom is -0.392 e. The van der Waals surface area contributed by atoms with Crippen LogP contribution in [-0.2, 0) is 19.7 Å². The Bertz CT molecular complexity index is 541. The van der Waals surface area contributed by atoms with Gasteiger partial charge in [0.1, 0.15) is 0 Å². The predicted molar refractivity (Wildman–Crippen MR) is 79.3 cm³/mol. The summed E-state index contributed by atoms with van der Waals surface area (Å²) >= 11 is 0. The van der Waals surface area contributed by atoms with Crippen molar-refractivity contribution in [2.45, 2.75) is 40.5 Å². The number of hydrogen-bond acceptors (Lipinski definition) is 2. The topological polar surface area (TPSA) is 37.2 Å². The number of benzene rings is 1. The SMILES string of the molecule is CCn1c(C)cc(CNc2ccc(CO)cc2)c1C. The summed E-state index contributed by atoms with van der Waals surface area (Å²) < 4.78 is 2.33. The molecule has 1 aromatic heterocycles. The van der Waals surface area contributed by atoms with E-state index in [1.165, 1.54) is 17.0 Å². The van der Waals surface area contributed by atoms with Gasteiger partial charge in [-0.2, -0.15) is 0 Å². The van der Waals surface area contributed by atoms with Crippen LogP contribution in [0.1, 0.15) is 29.4 Å². The summed E-state index contributed by atoms with van der Waals surface area (Å²) in [7, 11) is 0. The summed E-state index contributed by atoms with van der Waals surface area (Å²) in [5.74, 6) is 0. The molecule has 3 nitrogen and oxygen atoms in total. The van der Waals surface area contributed by atoms with E-state index in [9.17, 15) is 0 Å². The fourth-order valence-corrected chi connectivity index (χ4v) is 2.46. The second kappa shape index (κ2) is 5.93. The molecule has 0 spiro atoms. The molecule has 0 saturated heterocycles. The minimum atomic E-state index is 0.0952. The van der Waals surface area contributed by atoms with Crippen molar-refractivity contribution < 1.29 is 5.11 Å². The highest BCUT2D eigenvalue weighted by Crippen LogP contribution is 2.17. The zero-order valence-corrected chi connectivity index (χ0v) is 11.9. The smallest absolute Gasteiger partial charge is 0.0681 e. The van der Waals surface area contributed by atoms with Gasteiger partial charge in [0, 0.05) is 30.2 Å². The van der Waals surface area contributed by atoms with Gasteiger partial charge in [-0.25, -0.2) is 0 Å². The molecule has 0 aliphatic heterocycles. The second-order valence-electron chi connectivity index (χ2n) is 4.85. The van der Waals surface area contributed by atoms with Crippen molar-refractivity contribution >= 4 is 5.69 Å². The molecule has 0 aliphatic carbocycles. The lowest BCUT2D eigenvalue weighted by molar-refractivity contribution is 0.282. The van der Waals surface area contributed by atoms with Gasteiger partial charge in [-0.15, -0.1) is 0 Å². The molecule has 0 unspecified atom stereocenters. The van der Waals surface area contributed by atoms with Gasteiger partial charge in [0.2, 0.25) is 0 Å². The molecule has 19 heavy (non-hydrogen) atoms. The van der Waals surface area contributed by atoms with E-state index in [2.05, 4.69) is 36.7 Å². The summed E-state index contributed by atoms with van der Waals surface area (Å²) in [5, 5.41) is 12.4. The Morgan fingerprint density at radius 1 is 1.16 bits per heavy atom. The second-order valence-corrected chi connectivity index (χ2v) is 4.85. The van der Waals surface area contributed by atoms with Crippen LogP contribution in [0.25, 0.3) is 0 Å². The summed E-state index contributed by atoms with van der Waals surface area (Å²) in [6, 6.07) is 10.1. The quantitative estimate of drug-likeness (QED) is 0.864. The van der Waals surface area contributed by atoms with Gasteiger partial charge in [0.15, 0.2) is 0 Å². The molecule has 0 aliphatic rings. The number of rotatable bonds is 5. The van der Waals surface area contributed by atoms with Crippen molar-refractivity contribution in [2.24, 2.45) is 0 Å². The Labute approximate surface area is 114 Å². The van der Waals surface area contributed by atoms with Gasteiger partial charge in [-0.1, -0.05) is 12.1 Å². The van der Waals surface area contributed by atoms with Crippen molar-refractivity contribution in [1.82, 2.24) is 4.57 Å². The van der Waals surface area contributed by atoms with Crippen molar-refractivity contribution in [3.8, 4) is 0 Å². The number of nitrogens with one attached hydrogen (secondary N) is 1. The summed E-state index contributed by atoms with van der Waals surface area (Å²) in [4.78, 5) is 0. The molecule has 1 heterocycles. The maximum atomic E-state index is 9.01. The first-order chi connectivity index (χ1) is 9.15. The fraction of sp³-hybridized carbons (Fsp3) is 0.375. The fourth-order valence-electron chi connectivity index (χ4n) is 2.46. The van der Waals surface area contributed by atoms with Crippen LogP contribution in [0.5, 0.6) is 0 Å². The lowest BCUT2D eigenvalue weighted by atomic mass is 10.2. The molecule has 102 valence electrons. The number of hydrogen-bond donors (Lipinski definition) is 2. The number of aryl methyl sites for hydroxylation is 1. The first kappa shape index (κ1) is 13.7. The zero-order valence-electron chi connectivity index (χ0n) is 11.9. The lowest BCUT2D eigenvalue weighted by Crippen LogP contribution is -2.03. The lowest BCUT2D eigenvalue weighted by Gasteiger charge is -2.08. The molecular formula is C16H22N2O. The summed E-state index contributed by atoms with van der Waals surface area (Å²) in [6.07, 6.45) is 0. The first-order valence-corrected chi connectivity index (χ1v) is 6.75. The average molecular weight is 258 g/mol. The van der Waals surface area contributed by atoms with E-state index >= 15 is 0 Å². The van der Waals surface area contributed by atoms with E-state index in [1.807, 2.05) is 24.3 Å². The highest BCUT2D eigenvalue weighted by molar-refractivity contribution is 5.45. The number of nitrogens with zero attached hydrogens (tertiary/aromatic N) is 1. The molecule has 0 amide bonds. The Kier molecular flexibility index (Phi) is 4.27. The Morgan fingerprint density at radius 3 is 2.37 bits per heavy atom. The van der Waals surface area contributed by atoms with Crippen LogP contribution in [-0.4, -0.2) is 9.67 Å². The van der Waals surface area contributed by atoms with Crippen LogP contribution in [0.3, 0.4) is 0 Å². The Hall–Kier alpha value is -1.74. The monoisotopic (exact) mass is 258 g/mol. The summed E-state index contributed by atoms with van der Waals surface area (Å²) in [5.41, 5.74) is 6.01. The van der Waals surface area contributed by atoms with Crippen LogP contribution >= 0.6 is 0 Å². The molecule has 0 fully saturated rings. The standard InChI is InChI=1S/C16H22N2O/c1-4-18-12(2)9-15(13(18)3)10-17-16-7-5-14(11-19)6-8-16/h5-9,17,19H,4,10-11H2,1-3H3. The van der Waals surface area contributed by atoms with Gasteiger partial charge >= 0.3 is 0 Å². The first-order valence-electron chi connectivity index (χ1n) is 6.75. The maximum absolute atomic E-state index is 9.01. The van der Waals surface area contributed by atoms with Gasteiger partial charge < -0.3 is 15.0 Å². The molecule has 1 aromatic carbocycles. The van der Waals surface area contributed by atoms with E-state index < -0.39 is 0 Å². The third kappa shape index (κ3) is 2.99. The largest absolute Gasteiger partial charge is 0.392 e. The highest BCUT2D eigenvalue weighted by Gasteiger charge is 2.07. The highest BCUT2D eigenvalue weighted by atomic mass is 16.3. The summed E-state index contributed by atoms with van der Waals surface area (Å²) in [6.45, 7) is 8.43. The van der Waals surface area contributed by atoms with Crippen LogP contribution in [0.2, 0.25) is 0 Å². The van der Waals surface area contributed by atoms with E-state index in [0.717, 1.165) is 24.3 Å². The molecule has 0 bridgehead atoms. The van der Waals surface area contributed by atoms with E-state index in [1.54, 1.807) is 0 Å². The van der Waals surface area contributed by atoms with Crippen LogP contribution in [0.15, 0.2) is 30.3 Å². The van der Waals surface area contributed by atoms with Crippen molar-refractivity contribution in [2.75, 3.05) is 5.32 Å². The van der Waals surface area contributed by atoms with Crippen molar-refractivity contribution in [1.29, 1.82) is 0 Å². The van der Waals surface area contributed by atoms with E-state index in [-0.39, 0.29) is 6.61 Å². The third-order valence-electron chi connectivity index (χ3n) is 3.61. The Morgan fingerprint density at radius 2 is 1.84 bits per heavy atom. The number of aromatic nitrogens is 1. The molecular weight excluding hydrogens is 236 g/mol. The van der Waals surface area contributed by atoms with Crippen LogP contribution in [0, 0.1) is 13.8 Å². The molecule has 2 aromatic rings. The number of anilines is 1. The average Bonchev–Trinajstić information content (AvgIpc) is 2.71. The normalized spacial score (nSPS) is 10.7. The van der Waals surface area contributed by atoms with Gasteiger partial charge in [0.05, 0.1) is 6.61 Å².